The molecule has 1 unspecified atom stereocenters. The summed E-state index contributed by atoms with van der Waals surface area (Å²) in [4.78, 5) is 0. The summed E-state index contributed by atoms with van der Waals surface area (Å²) in [5.41, 5.74) is 5.24. The number of benzene rings is 2. The molecule has 2 heteroatoms. The van der Waals surface area contributed by atoms with Gasteiger partial charge in [-0.1, -0.05) is 54.4 Å². The van der Waals surface area contributed by atoms with Crippen LogP contribution in [-0.4, -0.2) is 6.54 Å². The van der Waals surface area contributed by atoms with Gasteiger partial charge in [-0.2, -0.15) is 0 Å². The van der Waals surface area contributed by atoms with Crippen LogP contribution in [0.15, 0.2) is 42.5 Å². The number of aryl methyl sites for hydroxylation is 2. The minimum Gasteiger partial charge on any atom is -0.310 e. The van der Waals surface area contributed by atoms with E-state index in [-0.39, 0.29) is 0 Å². The Morgan fingerprint density at radius 2 is 1.90 bits per heavy atom. The van der Waals surface area contributed by atoms with Crippen molar-refractivity contribution in [3.63, 3.8) is 0 Å². The molecule has 0 aliphatic heterocycles. The Bertz CT molecular complexity index is 577. The molecule has 1 nitrogen and oxygen atoms in total. The van der Waals surface area contributed by atoms with Crippen molar-refractivity contribution in [2.24, 2.45) is 0 Å². The third-order valence-electron chi connectivity index (χ3n) is 3.59. The molecule has 2 rings (SSSR count). The molecule has 20 heavy (non-hydrogen) atoms. The van der Waals surface area contributed by atoms with Crippen molar-refractivity contribution < 1.29 is 0 Å². The van der Waals surface area contributed by atoms with E-state index in [0.29, 0.717) is 6.04 Å². The van der Waals surface area contributed by atoms with Gasteiger partial charge in [-0.05, 0) is 55.6 Å². The molecule has 1 N–H and O–H groups in total. The van der Waals surface area contributed by atoms with Crippen LogP contribution in [0.5, 0.6) is 0 Å². The van der Waals surface area contributed by atoms with Crippen LogP contribution in [0.4, 0.5) is 0 Å². The molecular formula is C18H22ClN. The van der Waals surface area contributed by atoms with Gasteiger partial charge in [0, 0.05) is 11.1 Å². The number of rotatable bonds is 5. The highest BCUT2D eigenvalue weighted by molar-refractivity contribution is 6.30. The predicted octanol–water partition coefficient (Wildman–Crippen LogP) is 4.85. The van der Waals surface area contributed by atoms with Crippen molar-refractivity contribution in [1.82, 2.24) is 5.32 Å². The lowest BCUT2D eigenvalue weighted by Crippen LogP contribution is -2.23. The van der Waals surface area contributed by atoms with Crippen molar-refractivity contribution in [2.75, 3.05) is 6.54 Å². The van der Waals surface area contributed by atoms with Gasteiger partial charge in [0.1, 0.15) is 0 Å². The van der Waals surface area contributed by atoms with Gasteiger partial charge in [0.05, 0.1) is 0 Å². The number of likely N-dealkylation sites (N-methyl/N-ethyl adjacent to an activating group) is 1. The van der Waals surface area contributed by atoms with Crippen molar-refractivity contribution in [1.29, 1.82) is 0 Å². The zero-order valence-corrected chi connectivity index (χ0v) is 13.2. The van der Waals surface area contributed by atoms with Crippen molar-refractivity contribution in [3.05, 3.63) is 69.7 Å². The molecule has 0 heterocycles. The Morgan fingerprint density at radius 3 is 2.60 bits per heavy atom. The molecule has 0 radical (unpaired) electrons. The molecule has 1 atom stereocenters. The highest BCUT2D eigenvalue weighted by atomic mass is 35.5. The summed E-state index contributed by atoms with van der Waals surface area (Å²) >= 11 is 6.16. The number of halogens is 1. The van der Waals surface area contributed by atoms with Crippen molar-refractivity contribution >= 4 is 11.6 Å². The molecule has 106 valence electrons. The fourth-order valence-electron chi connectivity index (χ4n) is 2.60. The van der Waals surface area contributed by atoms with Crippen LogP contribution < -0.4 is 5.32 Å². The topological polar surface area (TPSA) is 12.0 Å². The van der Waals surface area contributed by atoms with E-state index in [0.717, 1.165) is 18.0 Å². The summed E-state index contributed by atoms with van der Waals surface area (Å²) in [6.45, 7) is 7.37. The number of hydrogen-bond acceptors (Lipinski definition) is 1. The van der Waals surface area contributed by atoms with Crippen LogP contribution in [0.3, 0.4) is 0 Å². The van der Waals surface area contributed by atoms with Gasteiger partial charge in [-0.15, -0.1) is 0 Å². The lowest BCUT2D eigenvalue weighted by Gasteiger charge is -2.21. The largest absolute Gasteiger partial charge is 0.310 e. The quantitative estimate of drug-likeness (QED) is 0.829. The number of hydrogen-bond donors (Lipinski definition) is 1. The number of nitrogens with one attached hydrogen (secondary N) is 1. The Hall–Kier alpha value is -1.31. The second kappa shape index (κ2) is 6.92. The molecular weight excluding hydrogens is 266 g/mol. The van der Waals surface area contributed by atoms with Gasteiger partial charge in [0.15, 0.2) is 0 Å². The van der Waals surface area contributed by atoms with E-state index in [1.54, 1.807) is 0 Å². The maximum absolute atomic E-state index is 6.16. The predicted molar refractivity (Wildman–Crippen MR) is 87.5 cm³/mol. The van der Waals surface area contributed by atoms with Gasteiger partial charge >= 0.3 is 0 Å². The third kappa shape index (κ3) is 3.84. The van der Waals surface area contributed by atoms with Gasteiger partial charge < -0.3 is 5.32 Å². The SMILES string of the molecule is CCNC(Cc1cccc(C)c1)c1cc(Cl)ccc1C. The zero-order chi connectivity index (χ0) is 14.5. The molecule has 0 saturated carbocycles. The lowest BCUT2D eigenvalue weighted by atomic mass is 9.94. The van der Waals surface area contributed by atoms with Gasteiger partial charge in [0.25, 0.3) is 0 Å². The molecule has 0 aliphatic carbocycles. The van der Waals surface area contributed by atoms with Crippen molar-refractivity contribution in [2.45, 2.75) is 33.2 Å². The minimum absolute atomic E-state index is 0.306. The average molecular weight is 288 g/mol. The summed E-state index contributed by atoms with van der Waals surface area (Å²) in [5.74, 6) is 0. The van der Waals surface area contributed by atoms with Crippen LogP contribution in [0.25, 0.3) is 0 Å². The van der Waals surface area contributed by atoms with Crippen LogP contribution in [0, 0.1) is 13.8 Å². The third-order valence-corrected chi connectivity index (χ3v) is 3.82. The van der Waals surface area contributed by atoms with Crippen molar-refractivity contribution in [3.8, 4) is 0 Å². The molecule has 0 saturated heterocycles. The van der Waals surface area contributed by atoms with Gasteiger partial charge in [-0.3, -0.25) is 0 Å². The summed E-state index contributed by atoms with van der Waals surface area (Å²) in [6.07, 6.45) is 0.983. The Labute approximate surface area is 127 Å². The molecule has 2 aromatic carbocycles. The fourth-order valence-corrected chi connectivity index (χ4v) is 2.78. The van der Waals surface area contributed by atoms with Gasteiger partial charge in [-0.25, -0.2) is 0 Å². The standard InChI is InChI=1S/C18H22ClN/c1-4-20-18(11-15-7-5-6-13(2)10-15)17-12-16(19)9-8-14(17)3/h5-10,12,18,20H,4,11H2,1-3H3. The molecule has 0 spiro atoms. The second-order valence-corrected chi connectivity index (χ2v) is 5.74. The zero-order valence-electron chi connectivity index (χ0n) is 12.4. The Kier molecular flexibility index (Phi) is 5.22. The monoisotopic (exact) mass is 287 g/mol. The van der Waals surface area contributed by atoms with Crippen LogP contribution >= 0.6 is 11.6 Å². The summed E-state index contributed by atoms with van der Waals surface area (Å²) in [7, 11) is 0. The highest BCUT2D eigenvalue weighted by Gasteiger charge is 2.14. The Balaban J connectivity index is 2.29. The smallest absolute Gasteiger partial charge is 0.0409 e. The van der Waals surface area contributed by atoms with Gasteiger partial charge in [0.2, 0.25) is 0 Å². The summed E-state index contributed by atoms with van der Waals surface area (Å²) in [5, 5.41) is 4.38. The van der Waals surface area contributed by atoms with Crippen LogP contribution in [-0.2, 0) is 6.42 Å². The summed E-state index contributed by atoms with van der Waals surface area (Å²) in [6, 6.07) is 15.1. The maximum Gasteiger partial charge on any atom is 0.0409 e. The maximum atomic E-state index is 6.16. The molecule has 0 fully saturated rings. The van der Waals surface area contributed by atoms with E-state index >= 15 is 0 Å². The first-order valence-corrected chi connectivity index (χ1v) is 7.53. The molecule has 0 bridgehead atoms. The molecule has 0 aliphatic rings. The fraction of sp³-hybridized carbons (Fsp3) is 0.333. The van der Waals surface area contributed by atoms with E-state index in [4.69, 9.17) is 11.6 Å². The highest BCUT2D eigenvalue weighted by Crippen LogP contribution is 2.25. The second-order valence-electron chi connectivity index (χ2n) is 5.30. The van der Waals surface area contributed by atoms with Crippen LogP contribution in [0.1, 0.15) is 35.2 Å². The first kappa shape index (κ1) is 15.1. The van der Waals surface area contributed by atoms with Crippen LogP contribution in [0.2, 0.25) is 5.02 Å². The van der Waals surface area contributed by atoms with E-state index in [2.05, 4.69) is 62.5 Å². The van der Waals surface area contributed by atoms with E-state index in [1.807, 2.05) is 6.07 Å². The molecule has 0 amide bonds. The van der Waals surface area contributed by atoms with E-state index in [9.17, 15) is 0 Å². The lowest BCUT2D eigenvalue weighted by molar-refractivity contribution is 0.547. The van der Waals surface area contributed by atoms with E-state index < -0.39 is 0 Å². The first-order valence-electron chi connectivity index (χ1n) is 7.15. The Morgan fingerprint density at radius 1 is 1.10 bits per heavy atom. The first-order chi connectivity index (χ1) is 9.60. The normalized spacial score (nSPS) is 12.4. The molecule has 0 aromatic heterocycles. The summed E-state index contributed by atoms with van der Waals surface area (Å²) < 4.78 is 0. The van der Waals surface area contributed by atoms with E-state index in [1.165, 1.54) is 22.3 Å². The minimum atomic E-state index is 0.306. The average Bonchev–Trinajstić information content (AvgIpc) is 2.41. The molecule has 2 aromatic rings.